The van der Waals surface area contributed by atoms with Crippen molar-refractivity contribution in [1.29, 1.82) is 0 Å². The third kappa shape index (κ3) is 2.33. The van der Waals surface area contributed by atoms with E-state index in [1.807, 2.05) is 37.4 Å². The third-order valence-corrected chi connectivity index (χ3v) is 3.83. The van der Waals surface area contributed by atoms with E-state index in [1.54, 1.807) is 6.07 Å². The zero-order valence-electron chi connectivity index (χ0n) is 10.8. The molecule has 2 aromatic carbocycles. The van der Waals surface area contributed by atoms with E-state index in [0.29, 0.717) is 28.2 Å². The van der Waals surface area contributed by atoms with Gasteiger partial charge in [-0.25, -0.2) is 0 Å². The lowest BCUT2D eigenvalue weighted by atomic mass is 10.0. The van der Waals surface area contributed by atoms with E-state index in [9.17, 15) is 0 Å². The standard InChI is InChI=1S/C15H13Cl2NO2/c1-18-13-8-19-12-7-6-11(17)14(15(12)20-13)9-4-2-3-5-10(9)16/h2-7,13,18H,8H2,1H3. The van der Waals surface area contributed by atoms with Gasteiger partial charge in [0.25, 0.3) is 0 Å². The summed E-state index contributed by atoms with van der Waals surface area (Å²) in [6.45, 7) is 0.451. The minimum Gasteiger partial charge on any atom is -0.484 e. The first-order chi connectivity index (χ1) is 9.70. The first kappa shape index (κ1) is 13.6. The SMILES string of the molecule is CNC1COc2ccc(Cl)c(-c3ccccc3Cl)c2O1. The van der Waals surface area contributed by atoms with Crippen LogP contribution in [-0.2, 0) is 0 Å². The van der Waals surface area contributed by atoms with Crippen molar-refractivity contribution in [3.05, 3.63) is 46.4 Å². The number of hydrogen-bond donors (Lipinski definition) is 1. The molecule has 1 N–H and O–H groups in total. The van der Waals surface area contributed by atoms with Crippen LogP contribution >= 0.6 is 23.2 Å². The summed E-state index contributed by atoms with van der Waals surface area (Å²) in [5, 5.41) is 4.24. The van der Waals surface area contributed by atoms with Crippen molar-refractivity contribution in [2.45, 2.75) is 6.23 Å². The van der Waals surface area contributed by atoms with Gasteiger partial charge in [-0.2, -0.15) is 0 Å². The normalized spacial score (nSPS) is 17.1. The smallest absolute Gasteiger partial charge is 0.184 e. The zero-order chi connectivity index (χ0) is 14.1. The Morgan fingerprint density at radius 2 is 1.90 bits per heavy atom. The quantitative estimate of drug-likeness (QED) is 0.910. The molecule has 1 atom stereocenters. The number of hydrogen-bond acceptors (Lipinski definition) is 3. The summed E-state index contributed by atoms with van der Waals surface area (Å²) in [6.07, 6.45) is -0.206. The summed E-state index contributed by atoms with van der Waals surface area (Å²) < 4.78 is 11.6. The summed E-state index contributed by atoms with van der Waals surface area (Å²) in [6, 6.07) is 11.1. The number of halogens is 2. The number of ether oxygens (including phenoxy) is 2. The van der Waals surface area contributed by atoms with Crippen LogP contribution in [0.25, 0.3) is 11.1 Å². The lowest BCUT2D eigenvalue weighted by Crippen LogP contribution is -2.39. The Balaban J connectivity index is 2.18. The molecule has 5 heteroatoms. The van der Waals surface area contributed by atoms with Crippen LogP contribution in [0.5, 0.6) is 11.5 Å². The molecule has 0 aliphatic carbocycles. The van der Waals surface area contributed by atoms with Crippen LogP contribution in [0, 0.1) is 0 Å². The summed E-state index contributed by atoms with van der Waals surface area (Å²) in [5.41, 5.74) is 1.59. The van der Waals surface area contributed by atoms with Crippen LogP contribution in [0.15, 0.2) is 36.4 Å². The van der Waals surface area contributed by atoms with Crippen molar-refractivity contribution >= 4 is 23.2 Å². The average molecular weight is 310 g/mol. The predicted molar refractivity (Wildman–Crippen MR) is 80.9 cm³/mol. The van der Waals surface area contributed by atoms with E-state index in [1.165, 1.54) is 0 Å². The summed E-state index contributed by atoms with van der Waals surface area (Å²) in [5.74, 6) is 1.30. The van der Waals surface area contributed by atoms with Crippen molar-refractivity contribution in [1.82, 2.24) is 5.32 Å². The second kappa shape index (κ2) is 5.52. The minimum atomic E-state index is -0.206. The summed E-state index contributed by atoms with van der Waals surface area (Å²) in [7, 11) is 1.82. The molecule has 1 unspecified atom stereocenters. The van der Waals surface area contributed by atoms with Crippen molar-refractivity contribution in [2.24, 2.45) is 0 Å². The highest BCUT2D eigenvalue weighted by molar-refractivity contribution is 6.37. The number of benzene rings is 2. The molecule has 0 saturated carbocycles. The Hall–Kier alpha value is -1.42. The molecule has 1 aliphatic rings. The van der Waals surface area contributed by atoms with Gasteiger partial charge in [0, 0.05) is 16.1 Å². The maximum Gasteiger partial charge on any atom is 0.184 e. The fraction of sp³-hybridized carbons (Fsp3) is 0.200. The zero-order valence-corrected chi connectivity index (χ0v) is 12.3. The van der Waals surface area contributed by atoms with Crippen LogP contribution in [0.3, 0.4) is 0 Å². The van der Waals surface area contributed by atoms with E-state index in [-0.39, 0.29) is 6.23 Å². The molecule has 3 nitrogen and oxygen atoms in total. The fourth-order valence-electron chi connectivity index (χ4n) is 2.17. The Bertz CT molecular complexity index is 646. The largest absolute Gasteiger partial charge is 0.484 e. The van der Waals surface area contributed by atoms with Crippen LogP contribution in [-0.4, -0.2) is 19.9 Å². The molecule has 1 heterocycles. The van der Waals surface area contributed by atoms with Gasteiger partial charge in [0.05, 0.1) is 5.02 Å². The maximum atomic E-state index is 6.34. The van der Waals surface area contributed by atoms with Crippen LogP contribution < -0.4 is 14.8 Å². The number of rotatable bonds is 2. The molecule has 2 aromatic rings. The molecule has 0 bridgehead atoms. The molecular formula is C15H13Cl2NO2. The molecular weight excluding hydrogens is 297 g/mol. The number of nitrogens with one attached hydrogen (secondary N) is 1. The average Bonchev–Trinajstić information content (AvgIpc) is 2.48. The Kier molecular flexibility index (Phi) is 3.74. The Morgan fingerprint density at radius 3 is 2.65 bits per heavy atom. The molecule has 0 fully saturated rings. The van der Waals surface area contributed by atoms with Gasteiger partial charge in [0.15, 0.2) is 17.7 Å². The van der Waals surface area contributed by atoms with Crippen molar-refractivity contribution in [2.75, 3.05) is 13.7 Å². The molecule has 1 aliphatic heterocycles. The number of fused-ring (bicyclic) bond motifs is 1. The van der Waals surface area contributed by atoms with Gasteiger partial charge >= 0.3 is 0 Å². The molecule has 0 spiro atoms. The van der Waals surface area contributed by atoms with Crippen molar-refractivity contribution in [3.63, 3.8) is 0 Å². The van der Waals surface area contributed by atoms with Crippen molar-refractivity contribution < 1.29 is 9.47 Å². The van der Waals surface area contributed by atoms with Gasteiger partial charge in [-0.15, -0.1) is 0 Å². The van der Waals surface area contributed by atoms with E-state index in [4.69, 9.17) is 32.7 Å². The maximum absolute atomic E-state index is 6.34. The van der Waals surface area contributed by atoms with Gasteiger partial charge in [-0.05, 0) is 25.2 Å². The highest BCUT2D eigenvalue weighted by Gasteiger charge is 2.25. The Labute approximate surface area is 127 Å². The summed E-state index contributed by atoms with van der Waals surface area (Å²) >= 11 is 12.6. The lowest BCUT2D eigenvalue weighted by Gasteiger charge is -2.28. The first-order valence-electron chi connectivity index (χ1n) is 6.25. The first-order valence-corrected chi connectivity index (χ1v) is 7.00. The topological polar surface area (TPSA) is 30.5 Å². The van der Waals surface area contributed by atoms with Gasteiger partial charge in [-0.3, -0.25) is 5.32 Å². The third-order valence-electron chi connectivity index (χ3n) is 3.19. The molecule has 0 saturated heterocycles. The van der Waals surface area contributed by atoms with E-state index >= 15 is 0 Å². The predicted octanol–water partition coefficient (Wildman–Crippen LogP) is 3.98. The van der Waals surface area contributed by atoms with E-state index < -0.39 is 0 Å². The second-order valence-corrected chi connectivity index (χ2v) is 5.25. The molecule has 104 valence electrons. The molecule has 0 radical (unpaired) electrons. The Morgan fingerprint density at radius 1 is 1.10 bits per heavy atom. The fourth-order valence-corrected chi connectivity index (χ4v) is 2.65. The highest BCUT2D eigenvalue weighted by atomic mass is 35.5. The molecule has 3 rings (SSSR count). The highest BCUT2D eigenvalue weighted by Crippen LogP contribution is 2.46. The van der Waals surface area contributed by atoms with Gasteiger partial charge < -0.3 is 9.47 Å². The lowest BCUT2D eigenvalue weighted by molar-refractivity contribution is 0.0733. The second-order valence-electron chi connectivity index (χ2n) is 4.44. The number of likely N-dealkylation sites (N-methyl/N-ethyl adjacent to an activating group) is 1. The van der Waals surface area contributed by atoms with E-state index in [2.05, 4.69) is 5.32 Å². The molecule has 20 heavy (non-hydrogen) atoms. The van der Waals surface area contributed by atoms with Crippen LogP contribution in [0.2, 0.25) is 10.0 Å². The van der Waals surface area contributed by atoms with Gasteiger partial charge in [0.1, 0.15) is 6.61 Å². The van der Waals surface area contributed by atoms with Gasteiger partial charge in [0.2, 0.25) is 0 Å². The van der Waals surface area contributed by atoms with E-state index in [0.717, 1.165) is 11.1 Å². The molecule has 0 aromatic heterocycles. The monoisotopic (exact) mass is 309 g/mol. The summed E-state index contributed by atoms with van der Waals surface area (Å²) in [4.78, 5) is 0. The van der Waals surface area contributed by atoms with Crippen LogP contribution in [0.4, 0.5) is 0 Å². The van der Waals surface area contributed by atoms with Gasteiger partial charge in [-0.1, -0.05) is 41.4 Å². The van der Waals surface area contributed by atoms with Crippen molar-refractivity contribution in [3.8, 4) is 22.6 Å². The minimum absolute atomic E-state index is 0.206. The van der Waals surface area contributed by atoms with Crippen LogP contribution in [0.1, 0.15) is 0 Å². The molecule has 0 amide bonds.